The molecule has 1 N–H and O–H groups in total. The van der Waals surface area contributed by atoms with Crippen LogP contribution in [0.1, 0.15) is 27.6 Å². The van der Waals surface area contributed by atoms with E-state index in [0.717, 1.165) is 5.69 Å². The number of methoxy groups -OCH3 is 1. The lowest BCUT2D eigenvalue weighted by atomic mass is 10.0. The lowest BCUT2D eigenvalue weighted by molar-refractivity contribution is 0.101. The molecule has 78 valence electrons. The monoisotopic (exact) mass is 205 g/mol. The number of benzene rings is 1. The lowest BCUT2D eigenvalue weighted by Crippen LogP contribution is -2.02. The van der Waals surface area contributed by atoms with E-state index in [2.05, 4.69) is 5.32 Å². The number of ketones is 2. The fraction of sp³-hybridized carbons (Fsp3) is 0.273. The number of hydrogen-bond acceptors (Lipinski definition) is 4. The minimum atomic E-state index is -0.102. The van der Waals surface area contributed by atoms with E-state index >= 15 is 0 Å². The topological polar surface area (TPSA) is 55.4 Å². The number of Topliss-reactive ketones (excluding diaryl/α,β-unsaturated/α-hetero) is 2. The Bertz CT molecular complexity index is 451. The molecule has 0 unspecified atom stereocenters. The van der Waals surface area contributed by atoms with E-state index < -0.39 is 0 Å². The molecule has 0 bridgehead atoms. The number of ether oxygens (including phenoxy) is 1. The summed E-state index contributed by atoms with van der Waals surface area (Å²) in [7, 11) is 1.50. The van der Waals surface area contributed by atoms with Gasteiger partial charge in [0.2, 0.25) is 0 Å². The summed E-state index contributed by atoms with van der Waals surface area (Å²) in [5.74, 6) is 0.410. The van der Waals surface area contributed by atoms with Gasteiger partial charge in [0.25, 0.3) is 0 Å². The predicted octanol–water partition coefficient (Wildman–Crippen LogP) is 1.51. The van der Waals surface area contributed by atoms with E-state index in [1.54, 1.807) is 12.1 Å². The Hall–Kier alpha value is -1.84. The molecule has 1 aliphatic heterocycles. The number of carbonyl (C=O) groups is 2. The summed E-state index contributed by atoms with van der Waals surface area (Å²) in [6, 6.07) is 3.29. The minimum absolute atomic E-state index is 0.00940. The summed E-state index contributed by atoms with van der Waals surface area (Å²) in [6.45, 7) is 1.75. The number of hydrogen-bond donors (Lipinski definition) is 1. The molecule has 0 fully saturated rings. The summed E-state index contributed by atoms with van der Waals surface area (Å²) in [4.78, 5) is 22.7. The quantitative estimate of drug-likeness (QED) is 0.743. The van der Waals surface area contributed by atoms with Crippen molar-refractivity contribution in [1.82, 2.24) is 0 Å². The van der Waals surface area contributed by atoms with Crippen molar-refractivity contribution in [3.05, 3.63) is 23.3 Å². The molecule has 0 saturated heterocycles. The Morgan fingerprint density at radius 2 is 2.20 bits per heavy atom. The number of carbonyl (C=O) groups excluding carboxylic acids is 2. The van der Waals surface area contributed by atoms with Crippen molar-refractivity contribution in [3.63, 3.8) is 0 Å². The minimum Gasteiger partial charge on any atom is -0.496 e. The zero-order valence-corrected chi connectivity index (χ0v) is 8.59. The average Bonchev–Trinajstić information content (AvgIpc) is 2.58. The van der Waals surface area contributed by atoms with E-state index in [-0.39, 0.29) is 11.6 Å². The first-order chi connectivity index (χ1) is 7.13. The maximum absolute atomic E-state index is 11.4. The van der Waals surface area contributed by atoms with Crippen LogP contribution >= 0.6 is 0 Å². The molecule has 0 aliphatic carbocycles. The third-order valence-electron chi connectivity index (χ3n) is 2.46. The molecule has 1 aromatic rings. The highest BCUT2D eigenvalue weighted by Gasteiger charge is 2.22. The predicted molar refractivity (Wildman–Crippen MR) is 55.8 cm³/mol. The van der Waals surface area contributed by atoms with Crippen LogP contribution in [0.3, 0.4) is 0 Å². The molecule has 0 aromatic heterocycles. The molecule has 1 aliphatic rings. The smallest absolute Gasteiger partial charge is 0.183 e. The van der Waals surface area contributed by atoms with Crippen LogP contribution in [0, 0.1) is 0 Å². The largest absolute Gasteiger partial charge is 0.496 e. The molecule has 4 heteroatoms. The zero-order valence-electron chi connectivity index (χ0n) is 8.59. The summed E-state index contributed by atoms with van der Waals surface area (Å²) in [5, 5.41) is 2.95. The number of fused-ring (bicyclic) bond motifs is 1. The van der Waals surface area contributed by atoms with Gasteiger partial charge in [0.15, 0.2) is 11.6 Å². The van der Waals surface area contributed by atoms with Gasteiger partial charge >= 0.3 is 0 Å². The summed E-state index contributed by atoms with van der Waals surface area (Å²) < 4.78 is 5.10. The van der Waals surface area contributed by atoms with Gasteiger partial charge < -0.3 is 10.1 Å². The molecule has 1 heterocycles. The van der Waals surface area contributed by atoms with Crippen molar-refractivity contribution in [1.29, 1.82) is 0 Å². The molecular formula is C11H11NO3. The van der Waals surface area contributed by atoms with Crippen molar-refractivity contribution in [3.8, 4) is 5.75 Å². The molecular weight excluding hydrogens is 194 g/mol. The van der Waals surface area contributed by atoms with E-state index in [0.29, 0.717) is 23.4 Å². The molecule has 4 nitrogen and oxygen atoms in total. The van der Waals surface area contributed by atoms with Crippen LogP contribution in [-0.4, -0.2) is 25.2 Å². The molecule has 2 rings (SSSR count). The second-order valence-electron chi connectivity index (χ2n) is 3.43. The zero-order chi connectivity index (χ0) is 11.0. The van der Waals surface area contributed by atoms with Gasteiger partial charge in [-0.25, -0.2) is 0 Å². The van der Waals surface area contributed by atoms with Crippen LogP contribution in [0.15, 0.2) is 12.1 Å². The van der Waals surface area contributed by atoms with Gasteiger partial charge in [-0.3, -0.25) is 9.59 Å². The van der Waals surface area contributed by atoms with Crippen LogP contribution < -0.4 is 10.1 Å². The first-order valence-corrected chi connectivity index (χ1v) is 4.63. The van der Waals surface area contributed by atoms with Crippen molar-refractivity contribution in [2.45, 2.75) is 6.92 Å². The van der Waals surface area contributed by atoms with Crippen molar-refractivity contribution in [2.75, 3.05) is 19.0 Å². The summed E-state index contributed by atoms with van der Waals surface area (Å²) in [5.41, 5.74) is 1.76. The van der Waals surface area contributed by atoms with Gasteiger partial charge in [0, 0.05) is 17.3 Å². The van der Waals surface area contributed by atoms with E-state index in [4.69, 9.17) is 4.74 Å². The fourth-order valence-electron chi connectivity index (χ4n) is 1.67. The van der Waals surface area contributed by atoms with Crippen LogP contribution in [0.25, 0.3) is 0 Å². The lowest BCUT2D eigenvalue weighted by Gasteiger charge is -2.08. The Labute approximate surface area is 87.2 Å². The second kappa shape index (κ2) is 3.38. The first kappa shape index (κ1) is 9.71. The van der Waals surface area contributed by atoms with Gasteiger partial charge in [0.1, 0.15) is 5.75 Å². The van der Waals surface area contributed by atoms with Crippen molar-refractivity contribution >= 4 is 17.3 Å². The van der Waals surface area contributed by atoms with Gasteiger partial charge in [-0.15, -0.1) is 0 Å². The van der Waals surface area contributed by atoms with E-state index in [1.807, 2.05) is 0 Å². The third kappa shape index (κ3) is 1.48. The van der Waals surface area contributed by atoms with Crippen molar-refractivity contribution < 1.29 is 14.3 Å². The van der Waals surface area contributed by atoms with E-state index in [1.165, 1.54) is 14.0 Å². The standard InChI is InChI=1S/C11H11NO3/c1-6(13)7-3-8-9(4-11(7)15-2)12-5-10(8)14/h3-4,12H,5H2,1-2H3. The van der Waals surface area contributed by atoms with E-state index in [9.17, 15) is 9.59 Å². The number of rotatable bonds is 2. The van der Waals surface area contributed by atoms with Gasteiger partial charge in [0.05, 0.1) is 19.2 Å². The second-order valence-corrected chi connectivity index (χ2v) is 3.43. The molecule has 15 heavy (non-hydrogen) atoms. The molecule has 0 saturated carbocycles. The normalized spacial score (nSPS) is 13.3. The Morgan fingerprint density at radius 1 is 1.47 bits per heavy atom. The maximum Gasteiger partial charge on any atom is 0.183 e. The van der Waals surface area contributed by atoms with Gasteiger partial charge in [-0.1, -0.05) is 0 Å². The van der Waals surface area contributed by atoms with Gasteiger partial charge in [-0.05, 0) is 13.0 Å². The number of nitrogens with one attached hydrogen (secondary N) is 1. The molecule has 0 spiro atoms. The van der Waals surface area contributed by atoms with Gasteiger partial charge in [-0.2, -0.15) is 0 Å². The Balaban J connectivity index is 2.61. The summed E-state index contributed by atoms with van der Waals surface area (Å²) in [6.07, 6.45) is 0. The highest BCUT2D eigenvalue weighted by Crippen LogP contribution is 2.30. The number of anilines is 1. The van der Waals surface area contributed by atoms with Crippen molar-refractivity contribution in [2.24, 2.45) is 0 Å². The SMILES string of the molecule is COc1cc2c(cc1C(C)=O)C(=O)CN2. The van der Waals surface area contributed by atoms with Crippen LogP contribution in [0.4, 0.5) is 5.69 Å². The molecule has 0 radical (unpaired) electrons. The first-order valence-electron chi connectivity index (χ1n) is 4.63. The Kier molecular flexibility index (Phi) is 2.19. The highest BCUT2D eigenvalue weighted by atomic mass is 16.5. The Morgan fingerprint density at radius 3 is 2.80 bits per heavy atom. The molecule has 0 amide bonds. The maximum atomic E-state index is 11.4. The fourth-order valence-corrected chi connectivity index (χ4v) is 1.67. The van der Waals surface area contributed by atoms with Crippen LogP contribution in [0.2, 0.25) is 0 Å². The van der Waals surface area contributed by atoms with Crippen LogP contribution in [-0.2, 0) is 0 Å². The molecule has 1 aromatic carbocycles. The highest BCUT2D eigenvalue weighted by molar-refractivity contribution is 6.10. The third-order valence-corrected chi connectivity index (χ3v) is 2.46. The van der Waals surface area contributed by atoms with Crippen LogP contribution in [0.5, 0.6) is 5.75 Å². The molecule has 0 atom stereocenters. The average molecular weight is 205 g/mol. The summed E-state index contributed by atoms with van der Waals surface area (Å²) >= 11 is 0.